The lowest BCUT2D eigenvalue weighted by Crippen LogP contribution is -2.43. The van der Waals surface area contributed by atoms with Gasteiger partial charge in [-0.15, -0.1) is 11.3 Å². The predicted octanol–water partition coefficient (Wildman–Crippen LogP) is 2.10. The second-order valence-corrected chi connectivity index (χ2v) is 8.92. The van der Waals surface area contributed by atoms with Crippen LogP contribution < -0.4 is 10.1 Å². The molecule has 10 nitrogen and oxygen atoms in total. The third-order valence-corrected chi connectivity index (χ3v) is 6.97. The van der Waals surface area contributed by atoms with Crippen LogP contribution in [-0.2, 0) is 14.8 Å². The largest absolute Gasteiger partial charge is 0.495 e. The Morgan fingerprint density at radius 1 is 1.46 bits per heavy atom. The number of non-ortho nitro benzene ring substituents is 1. The number of piperidine rings is 1. The summed E-state index contributed by atoms with van der Waals surface area (Å²) in [5.41, 5.74) is -0.352. The maximum Gasteiger partial charge on any atom is 0.271 e. The standard InChI is InChI=1S/C16H18N4O6S2/c1-26-13-5-4-12(20(22)23)9-14(13)28(24,25)19-7-2-3-11(10-19)15(21)18-16-17-6-8-27-16/h4-6,8-9,11H,2-3,7,10H2,1H3,(H,17,18,21). The summed E-state index contributed by atoms with van der Waals surface area (Å²) in [7, 11) is -2.79. The van der Waals surface area contributed by atoms with E-state index in [0.717, 1.165) is 6.07 Å². The quantitative estimate of drug-likeness (QED) is 0.552. The Morgan fingerprint density at radius 3 is 2.89 bits per heavy atom. The van der Waals surface area contributed by atoms with Crippen molar-refractivity contribution in [2.75, 3.05) is 25.5 Å². The van der Waals surface area contributed by atoms with E-state index in [4.69, 9.17) is 4.74 Å². The molecule has 1 aromatic heterocycles. The first-order chi connectivity index (χ1) is 13.3. The first kappa shape index (κ1) is 20.2. The summed E-state index contributed by atoms with van der Waals surface area (Å²) in [6.07, 6.45) is 2.59. The zero-order valence-corrected chi connectivity index (χ0v) is 16.5. The second-order valence-electron chi connectivity index (χ2n) is 6.12. The highest BCUT2D eigenvalue weighted by atomic mass is 32.2. The van der Waals surface area contributed by atoms with E-state index in [1.807, 2.05) is 0 Å². The number of hydrogen-bond acceptors (Lipinski definition) is 8. The van der Waals surface area contributed by atoms with Gasteiger partial charge in [0.15, 0.2) is 5.13 Å². The molecule has 1 atom stereocenters. The van der Waals surface area contributed by atoms with Gasteiger partial charge in [0, 0.05) is 36.8 Å². The molecule has 2 heterocycles. The Kier molecular flexibility index (Phi) is 5.91. The van der Waals surface area contributed by atoms with Crippen molar-refractivity contribution in [2.24, 2.45) is 5.92 Å². The summed E-state index contributed by atoms with van der Waals surface area (Å²) >= 11 is 1.27. The van der Waals surface area contributed by atoms with Crippen LogP contribution in [0.2, 0.25) is 0 Å². The molecule has 28 heavy (non-hydrogen) atoms. The minimum atomic E-state index is -4.08. The number of aromatic nitrogens is 1. The third-order valence-electron chi connectivity index (χ3n) is 4.39. The van der Waals surface area contributed by atoms with Crippen molar-refractivity contribution in [1.29, 1.82) is 0 Å². The molecule has 0 spiro atoms. The Hall–Kier alpha value is -2.57. The lowest BCUT2D eigenvalue weighted by Gasteiger charge is -2.31. The van der Waals surface area contributed by atoms with Crippen LogP contribution in [0, 0.1) is 16.0 Å². The summed E-state index contributed by atoms with van der Waals surface area (Å²) in [6.45, 7) is 0.195. The Labute approximate surface area is 165 Å². The zero-order chi connectivity index (χ0) is 20.3. The van der Waals surface area contributed by atoms with Gasteiger partial charge in [0.05, 0.1) is 18.0 Å². The van der Waals surface area contributed by atoms with Gasteiger partial charge < -0.3 is 10.1 Å². The first-order valence-electron chi connectivity index (χ1n) is 8.36. The number of nitrogens with zero attached hydrogens (tertiary/aromatic N) is 3. The molecule has 0 bridgehead atoms. The molecule has 1 saturated heterocycles. The van der Waals surface area contributed by atoms with Crippen LogP contribution in [0.4, 0.5) is 10.8 Å². The minimum Gasteiger partial charge on any atom is -0.495 e. The number of sulfonamides is 1. The van der Waals surface area contributed by atoms with Crippen molar-refractivity contribution in [3.05, 3.63) is 39.9 Å². The average molecular weight is 426 g/mol. The molecule has 1 aliphatic heterocycles. The zero-order valence-electron chi connectivity index (χ0n) is 14.9. The topological polar surface area (TPSA) is 132 Å². The molecule has 0 saturated carbocycles. The number of carbonyl (C=O) groups is 1. The number of ether oxygens (including phenoxy) is 1. The van der Waals surface area contributed by atoms with Crippen molar-refractivity contribution in [3.63, 3.8) is 0 Å². The van der Waals surface area contributed by atoms with Crippen LogP contribution in [0.3, 0.4) is 0 Å². The molecule has 1 N–H and O–H groups in total. The number of methoxy groups -OCH3 is 1. The molecular formula is C16H18N4O6S2. The van der Waals surface area contributed by atoms with Gasteiger partial charge in [-0.3, -0.25) is 14.9 Å². The number of nitro groups is 1. The fourth-order valence-corrected chi connectivity index (χ4v) is 5.22. The van der Waals surface area contributed by atoms with Crippen LogP contribution in [0.25, 0.3) is 0 Å². The van der Waals surface area contributed by atoms with E-state index in [2.05, 4.69) is 10.3 Å². The second kappa shape index (κ2) is 8.20. The van der Waals surface area contributed by atoms with Crippen LogP contribution in [0.15, 0.2) is 34.7 Å². The highest BCUT2D eigenvalue weighted by Gasteiger charge is 2.35. The monoisotopic (exact) mass is 426 g/mol. The van der Waals surface area contributed by atoms with E-state index in [0.29, 0.717) is 18.0 Å². The van der Waals surface area contributed by atoms with Crippen molar-refractivity contribution in [2.45, 2.75) is 17.7 Å². The molecule has 0 aliphatic carbocycles. The number of amides is 1. The van der Waals surface area contributed by atoms with Gasteiger partial charge in [-0.1, -0.05) is 0 Å². The number of thiazole rings is 1. The van der Waals surface area contributed by atoms with Crippen LogP contribution >= 0.6 is 11.3 Å². The molecule has 150 valence electrons. The summed E-state index contributed by atoms with van der Waals surface area (Å²) in [5, 5.41) is 15.9. The van der Waals surface area contributed by atoms with Gasteiger partial charge in [-0.25, -0.2) is 13.4 Å². The van der Waals surface area contributed by atoms with Crippen LogP contribution in [0.5, 0.6) is 5.75 Å². The van der Waals surface area contributed by atoms with Gasteiger partial charge in [-0.05, 0) is 18.9 Å². The van der Waals surface area contributed by atoms with Crippen molar-refractivity contribution >= 4 is 38.1 Å². The lowest BCUT2D eigenvalue weighted by molar-refractivity contribution is -0.385. The molecule has 1 unspecified atom stereocenters. The average Bonchev–Trinajstić information content (AvgIpc) is 3.20. The number of carbonyl (C=O) groups excluding carboxylic acids is 1. The number of rotatable bonds is 6. The number of anilines is 1. The maximum absolute atomic E-state index is 13.1. The van der Waals surface area contributed by atoms with Crippen molar-refractivity contribution < 1.29 is 22.9 Å². The van der Waals surface area contributed by atoms with Gasteiger partial charge in [0.25, 0.3) is 5.69 Å². The van der Waals surface area contributed by atoms with Crippen molar-refractivity contribution in [3.8, 4) is 5.75 Å². The number of benzene rings is 1. The smallest absolute Gasteiger partial charge is 0.271 e. The Balaban J connectivity index is 1.84. The van der Waals surface area contributed by atoms with E-state index in [-0.39, 0.29) is 35.3 Å². The first-order valence-corrected chi connectivity index (χ1v) is 10.7. The number of nitrogens with one attached hydrogen (secondary N) is 1. The predicted molar refractivity (Wildman–Crippen MR) is 102 cm³/mol. The molecule has 2 aromatic rings. The third kappa shape index (κ3) is 4.13. The fraction of sp³-hybridized carbons (Fsp3) is 0.375. The number of hydrogen-bond donors (Lipinski definition) is 1. The molecular weight excluding hydrogens is 408 g/mol. The van der Waals surface area contributed by atoms with Gasteiger partial charge in [-0.2, -0.15) is 4.31 Å². The molecule has 3 rings (SSSR count). The summed E-state index contributed by atoms with van der Waals surface area (Å²) in [4.78, 5) is 26.5. The Bertz CT molecular complexity index is 977. The minimum absolute atomic E-state index is 0.0139. The van der Waals surface area contributed by atoms with E-state index in [9.17, 15) is 23.3 Å². The molecule has 1 aliphatic rings. The Morgan fingerprint density at radius 2 is 2.25 bits per heavy atom. The molecule has 1 amide bonds. The molecule has 1 fully saturated rings. The van der Waals surface area contributed by atoms with Crippen LogP contribution in [-0.4, -0.2) is 48.7 Å². The maximum atomic E-state index is 13.1. The normalized spacial score (nSPS) is 17.8. The molecule has 12 heteroatoms. The van der Waals surface area contributed by atoms with E-state index < -0.39 is 20.9 Å². The SMILES string of the molecule is COc1ccc([N+](=O)[O-])cc1S(=O)(=O)N1CCCC(C(=O)Nc2nccs2)C1. The number of nitro benzene ring substituents is 1. The van der Waals surface area contributed by atoms with Gasteiger partial charge in [0.2, 0.25) is 15.9 Å². The van der Waals surface area contributed by atoms with E-state index in [1.54, 1.807) is 11.6 Å². The fourth-order valence-electron chi connectivity index (χ4n) is 2.99. The summed E-state index contributed by atoms with van der Waals surface area (Å²) in [6, 6.07) is 3.41. The van der Waals surface area contributed by atoms with Gasteiger partial charge in [0.1, 0.15) is 10.6 Å². The van der Waals surface area contributed by atoms with E-state index in [1.165, 1.54) is 34.9 Å². The highest BCUT2D eigenvalue weighted by Crippen LogP contribution is 2.32. The van der Waals surface area contributed by atoms with Crippen LogP contribution in [0.1, 0.15) is 12.8 Å². The summed E-state index contributed by atoms with van der Waals surface area (Å²) in [5.74, 6) is -0.835. The highest BCUT2D eigenvalue weighted by molar-refractivity contribution is 7.89. The van der Waals surface area contributed by atoms with Crippen molar-refractivity contribution in [1.82, 2.24) is 9.29 Å². The summed E-state index contributed by atoms with van der Waals surface area (Å²) < 4.78 is 32.5. The van der Waals surface area contributed by atoms with E-state index >= 15 is 0 Å². The molecule has 1 aromatic carbocycles. The molecule has 0 radical (unpaired) electrons. The lowest BCUT2D eigenvalue weighted by atomic mass is 9.99. The van der Waals surface area contributed by atoms with Gasteiger partial charge >= 0.3 is 0 Å².